The second-order valence-electron chi connectivity index (χ2n) is 4.97. The smallest absolute Gasteiger partial charge is 0.134 e. The summed E-state index contributed by atoms with van der Waals surface area (Å²) < 4.78 is 5.61. The van der Waals surface area contributed by atoms with Crippen molar-refractivity contribution >= 4 is 11.6 Å². The third-order valence-corrected chi connectivity index (χ3v) is 3.49. The van der Waals surface area contributed by atoms with Gasteiger partial charge in [-0.2, -0.15) is 0 Å². The zero-order chi connectivity index (χ0) is 13.0. The first-order valence-corrected chi connectivity index (χ1v) is 6.53. The van der Waals surface area contributed by atoms with Crippen LogP contribution >= 0.6 is 0 Å². The lowest BCUT2D eigenvalue weighted by Gasteiger charge is -2.40. The van der Waals surface area contributed by atoms with Crippen LogP contribution in [0, 0.1) is 0 Å². The van der Waals surface area contributed by atoms with Crippen LogP contribution in [0.25, 0.3) is 0 Å². The Labute approximate surface area is 109 Å². The van der Waals surface area contributed by atoms with Gasteiger partial charge in [-0.1, -0.05) is 0 Å². The highest BCUT2D eigenvalue weighted by atomic mass is 16.5. The minimum atomic E-state index is -0.0679. The van der Waals surface area contributed by atoms with Gasteiger partial charge in [-0.3, -0.25) is 0 Å². The Morgan fingerprint density at radius 3 is 3.06 bits per heavy atom. The minimum absolute atomic E-state index is 0.0679. The van der Waals surface area contributed by atoms with E-state index >= 15 is 0 Å². The number of hydrogen-bond acceptors (Lipinski definition) is 5. The summed E-state index contributed by atoms with van der Waals surface area (Å²) in [6.45, 7) is 7.00. The third kappa shape index (κ3) is 2.90. The summed E-state index contributed by atoms with van der Waals surface area (Å²) in [4.78, 5) is 10.8. The largest absolute Gasteiger partial charge is 0.377 e. The van der Waals surface area contributed by atoms with Crippen LogP contribution in [-0.4, -0.2) is 42.3 Å². The van der Waals surface area contributed by atoms with Crippen molar-refractivity contribution < 1.29 is 4.74 Å². The van der Waals surface area contributed by atoms with Crippen LogP contribution in [0.1, 0.15) is 26.7 Å². The van der Waals surface area contributed by atoms with E-state index in [4.69, 9.17) is 4.74 Å². The lowest BCUT2D eigenvalue weighted by Crippen LogP contribution is -2.47. The van der Waals surface area contributed by atoms with Gasteiger partial charge in [-0.25, -0.2) is 9.97 Å². The Morgan fingerprint density at radius 2 is 2.33 bits per heavy atom. The standard InChI is InChI=1S/C13H22N4O/c1-4-14-11-8-12(16-10-15-11)17-7-5-6-13(2,9-17)18-3/h8,10H,4-7,9H2,1-3H3,(H,14,15,16). The van der Waals surface area contributed by atoms with Crippen molar-refractivity contribution in [1.82, 2.24) is 9.97 Å². The number of ether oxygens (including phenoxy) is 1. The first-order chi connectivity index (χ1) is 8.67. The summed E-state index contributed by atoms with van der Waals surface area (Å²) in [5, 5.41) is 3.21. The van der Waals surface area contributed by atoms with Crippen molar-refractivity contribution in [2.24, 2.45) is 0 Å². The molecule has 0 radical (unpaired) electrons. The third-order valence-electron chi connectivity index (χ3n) is 3.49. The van der Waals surface area contributed by atoms with Gasteiger partial charge < -0.3 is 15.0 Å². The Balaban J connectivity index is 2.13. The molecular weight excluding hydrogens is 228 g/mol. The van der Waals surface area contributed by atoms with Crippen molar-refractivity contribution in [1.29, 1.82) is 0 Å². The molecular formula is C13H22N4O. The zero-order valence-electron chi connectivity index (χ0n) is 11.4. The molecule has 0 aromatic carbocycles. The number of methoxy groups -OCH3 is 1. The number of hydrogen-bond donors (Lipinski definition) is 1. The Kier molecular flexibility index (Phi) is 4.01. The molecule has 0 amide bonds. The molecule has 1 saturated heterocycles. The topological polar surface area (TPSA) is 50.3 Å². The molecule has 5 heteroatoms. The predicted molar refractivity (Wildman–Crippen MR) is 73.1 cm³/mol. The highest BCUT2D eigenvalue weighted by Gasteiger charge is 2.31. The first-order valence-electron chi connectivity index (χ1n) is 6.53. The fraction of sp³-hybridized carbons (Fsp3) is 0.692. The summed E-state index contributed by atoms with van der Waals surface area (Å²) in [7, 11) is 1.79. The van der Waals surface area contributed by atoms with Crippen LogP contribution in [0.3, 0.4) is 0 Å². The molecule has 1 unspecified atom stereocenters. The van der Waals surface area contributed by atoms with E-state index in [-0.39, 0.29) is 5.60 Å². The van der Waals surface area contributed by atoms with Crippen molar-refractivity contribution in [3.8, 4) is 0 Å². The maximum absolute atomic E-state index is 5.61. The normalized spacial score (nSPS) is 24.1. The number of nitrogens with one attached hydrogen (secondary N) is 1. The molecule has 0 spiro atoms. The SMILES string of the molecule is CCNc1cc(N2CCCC(C)(OC)C2)ncn1. The van der Waals surface area contributed by atoms with E-state index in [0.29, 0.717) is 0 Å². The number of anilines is 2. The van der Waals surface area contributed by atoms with Crippen molar-refractivity contribution in [2.75, 3.05) is 37.0 Å². The monoisotopic (exact) mass is 250 g/mol. The summed E-state index contributed by atoms with van der Waals surface area (Å²) in [6.07, 6.45) is 3.85. The number of aromatic nitrogens is 2. The van der Waals surface area contributed by atoms with E-state index in [2.05, 4.69) is 34.0 Å². The summed E-state index contributed by atoms with van der Waals surface area (Å²) in [6, 6.07) is 2.00. The molecule has 1 aliphatic heterocycles. The quantitative estimate of drug-likeness (QED) is 0.884. The molecule has 1 fully saturated rings. The van der Waals surface area contributed by atoms with Crippen molar-refractivity contribution in [2.45, 2.75) is 32.3 Å². The van der Waals surface area contributed by atoms with Crippen LogP contribution in [0.5, 0.6) is 0 Å². The van der Waals surface area contributed by atoms with Gasteiger partial charge >= 0.3 is 0 Å². The molecule has 0 saturated carbocycles. The lowest BCUT2D eigenvalue weighted by atomic mass is 9.95. The lowest BCUT2D eigenvalue weighted by molar-refractivity contribution is -0.00481. The highest BCUT2D eigenvalue weighted by molar-refractivity contribution is 5.48. The molecule has 1 aromatic heterocycles. The molecule has 5 nitrogen and oxygen atoms in total. The first kappa shape index (κ1) is 13.1. The predicted octanol–water partition coefficient (Wildman–Crippen LogP) is 1.91. The van der Waals surface area contributed by atoms with Crippen LogP contribution in [-0.2, 0) is 4.74 Å². The minimum Gasteiger partial charge on any atom is -0.377 e. The van der Waals surface area contributed by atoms with Gasteiger partial charge in [-0.05, 0) is 26.7 Å². The zero-order valence-corrected chi connectivity index (χ0v) is 11.4. The van der Waals surface area contributed by atoms with Gasteiger partial charge in [0, 0.05) is 32.8 Å². The van der Waals surface area contributed by atoms with Gasteiger partial charge in [-0.15, -0.1) is 0 Å². The molecule has 0 bridgehead atoms. The second kappa shape index (κ2) is 5.52. The van der Waals surface area contributed by atoms with Crippen molar-refractivity contribution in [3.63, 3.8) is 0 Å². The molecule has 18 heavy (non-hydrogen) atoms. The van der Waals surface area contributed by atoms with E-state index < -0.39 is 0 Å². The maximum atomic E-state index is 5.61. The van der Waals surface area contributed by atoms with Crippen LogP contribution in [0.2, 0.25) is 0 Å². The van der Waals surface area contributed by atoms with E-state index in [0.717, 1.165) is 44.1 Å². The van der Waals surface area contributed by atoms with E-state index in [9.17, 15) is 0 Å². The second-order valence-corrected chi connectivity index (χ2v) is 4.97. The fourth-order valence-electron chi connectivity index (χ4n) is 2.37. The highest BCUT2D eigenvalue weighted by Crippen LogP contribution is 2.27. The van der Waals surface area contributed by atoms with E-state index in [1.807, 2.05) is 6.07 Å². The van der Waals surface area contributed by atoms with Gasteiger partial charge in [0.2, 0.25) is 0 Å². The number of nitrogens with zero attached hydrogens (tertiary/aromatic N) is 3. The molecule has 2 heterocycles. The fourth-order valence-corrected chi connectivity index (χ4v) is 2.37. The molecule has 1 aromatic rings. The molecule has 100 valence electrons. The average molecular weight is 250 g/mol. The Morgan fingerprint density at radius 1 is 1.50 bits per heavy atom. The summed E-state index contributed by atoms with van der Waals surface area (Å²) in [5.74, 6) is 1.86. The Hall–Kier alpha value is -1.36. The molecule has 1 N–H and O–H groups in total. The number of rotatable bonds is 4. The van der Waals surface area contributed by atoms with Gasteiger partial charge in [0.25, 0.3) is 0 Å². The van der Waals surface area contributed by atoms with Crippen LogP contribution in [0.15, 0.2) is 12.4 Å². The van der Waals surface area contributed by atoms with E-state index in [1.54, 1.807) is 13.4 Å². The van der Waals surface area contributed by atoms with Crippen molar-refractivity contribution in [3.05, 3.63) is 12.4 Å². The van der Waals surface area contributed by atoms with Gasteiger partial charge in [0.1, 0.15) is 18.0 Å². The molecule has 0 aliphatic carbocycles. The Bertz CT molecular complexity index is 398. The van der Waals surface area contributed by atoms with Gasteiger partial charge in [0.05, 0.1) is 5.60 Å². The van der Waals surface area contributed by atoms with Crippen LogP contribution < -0.4 is 10.2 Å². The molecule has 2 rings (SSSR count). The number of piperidine rings is 1. The van der Waals surface area contributed by atoms with Crippen LogP contribution in [0.4, 0.5) is 11.6 Å². The maximum Gasteiger partial charge on any atom is 0.134 e. The molecule has 1 aliphatic rings. The summed E-state index contributed by atoms with van der Waals surface area (Å²) >= 11 is 0. The van der Waals surface area contributed by atoms with Gasteiger partial charge in [0.15, 0.2) is 0 Å². The molecule has 1 atom stereocenters. The summed E-state index contributed by atoms with van der Waals surface area (Å²) in [5.41, 5.74) is -0.0679. The average Bonchev–Trinajstić information content (AvgIpc) is 2.40. The van der Waals surface area contributed by atoms with E-state index in [1.165, 1.54) is 0 Å².